The second-order valence-corrected chi connectivity index (χ2v) is 4.33. The zero-order chi connectivity index (χ0) is 14.0. The molecule has 7 heteroatoms. The number of ether oxygens (including phenoxy) is 1. The lowest BCUT2D eigenvalue weighted by Gasteiger charge is -2.35. The van der Waals surface area contributed by atoms with Crippen LogP contribution in [0.3, 0.4) is 0 Å². The molecule has 0 bridgehead atoms. The third-order valence-corrected chi connectivity index (χ3v) is 2.94. The highest BCUT2D eigenvalue weighted by Gasteiger charge is 2.37. The van der Waals surface area contributed by atoms with Gasteiger partial charge < -0.3 is 30.5 Å². The molecule has 1 heterocycles. The van der Waals surface area contributed by atoms with Crippen LogP contribution in [0.25, 0.3) is 0 Å². The molecule has 1 aromatic rings. The first-order chi connectivity index (χ1) is 8.99. The number of carboxylic acid groups (broad SMARTS) is 1. The molecule has 0 amide bonds. The molecule has 1 fully saturated rings. The molecule has 1 aliphatic rings. The van der Waals surface area contributed by atoms with Crippen LogP contribution in [0.1, 0.15) is 10.4 Å². The molecule has 7 nitrogen and oxygen atoms in total. The summed E-state index contributed by atoms with van der Waals surface area (Å²) in [7, 11) is 0. The highest BCUT2D eigenvalue weighted by Crippen LogP contribution is 2.19. The molecule has 0 radical (unpaired) electrons. The Labute approximate surface area is 109 Å². The van der Waals surface area contributed by atoms with E-state index in [0.717, 1.165) is 0 Å². The van der Waals surface area contributed by atoms with Crippen molar-refractivity contribution in [1.29, 1.82) is 0 Å². The Hall–Kier alpha value is -1.67. The van der Waals surface area contributed by atoms with Crippen molar-refractivity contribution in [3.63, 3.8) is 0 Å². The Bertz CT molecular complexity index is 448. The first-order valence-electron chi connectivity index (χ1n) is 5.74. The van der Waals surface area contributed by atoms with Gasteiger partial charge in [-0.15, -0.1) is 0 Å². The molecule has 1 saturated heterocycles. The summed E-state index contributed by atoms with van der Waals surface area (Å²) in [6.45, 7) is -0.0941. The first kappa shape index (κ1) is 13.8. The molecule has 19 heavy (non-hydrogen) atoms. The SMILES string of the molecule is O=C(O)c1ccc(N[C@H]2OC[C@H](O)[C@H](O)[C@H]2O)cc1. The number of aliphatic hydroxyl groups excluding tert-OH is 3. The Balaban J connectivity index is 2.03. The lowest BCUT2D eigenvalue weighted by atomic mass is 10.0. The van der Waals surface area contributed by atoms with E-state index in [2.05, 4.69) is 5.32 Å². The van der Waals surface area contributed by atoms with Gasteiger partial charge in [-0.2, -0.15) is 0 Å². The molecule has 104 valence electrons. The van der Waals surface area contributed by atoms with E-state index < -0.39 is 30.5 Å². The Morgan fingerprint density at radius 2 is 1.79 bits per heavy atom. The second-order valence-electron chi connectivity index (χ2n) is 4.33. The molecule has 5 N–H and O–H groups in total. The fourth-order valence-electron chi connectivity index (χ4n) is 1.81. The van der Waals surface area contributed by atoms with Crippen molar-refractivity contribution >= 4 is 11.7 Å². The maximum absolute atomic E-state index is 10.7. The highest BCUT2D eigenvalue weighted by atomic mass is 16.5. The number of carbonyl (C=O) groups is 1. The third kappa shape index (κ3) is 3.02. The van der Waals surface area contributed by atoms with Crippen LogP contribution in [0.2, 0.25) is 0 Å². The third-order valence-electron chi connectivity index (χ3n) is 2.94. The van der Waals surface area contributed by atoms with E-state index in [4.69, 9.17) is 9.84 Å². The van der Waals surface area contributed by atoms with E-state index >= 15 is 0 Å². The average Bonchev–Trinajstić information content (AvgIpc) is 2.40. The summed E-state index contributed by atoms with van der Waals surface area (Å²) in [5.74, 6) is -1.03. The number of carboxylic acids is 1. The zero-order valence-electron chi connectivity index (χ0n) is 9.93. The van der Waals surface area contributed by atoms with E-state index in [1.54, 1.807) is 0 Å². The number of hydrogen-bond acceptors (Lipinski definition) is 6. The van der Waals surface area contributed by atoms with Gasteiger partial charge in [0.1, 0.15) is 18.3 Å². The molecule has 0 spiro atoms. The monoisotopic (exact) mass is 269 g/mol. The minimum absolute atomic E-state index is 0.0941. The summed E-state index contributed by atoms with van der Waals surface area (Å²) in [5, 5.41) is 40.1. The van der Waals surface area contributed by atoms with Gasteiger partial charge in [-0.05, 0) is 24.3 Å². The quantitative estimate of drug-likeness (QED) is 0.489. The van der Waals surface area contributed by atoms with Gasteiger partial charge in [-0.1, -0.05) is 0 Å². The van der Waals surface area contributed by atoms with E-state index in [0.29, 0.717) is 5.69 Å². The van der Waals surface area contributed by atoms with Gasteiger partial charge in [0.05, 0.1) is 12.2 Å². The Morgan fingerprint density at radius 1 is 1.16 bits per heavy atom. The van der Waals surface area contributed by atoms with Gasteiger partial charge >= 0.3 is 5.97 Å². The minimum Gasteiger partial charge on any atom is -0.478 e. The summed E-state index contributed by atoms with van der Waals surface area (Å²) in [6, 6.07) is 5.87. The van der Waals surface area contributed by atoms with Crippen LogP contribution in [0.15, 0.2) is 24.3 Å². The van der Waals surface area contributed by atoms with Crippen molar-refractivity contribution in [2.24, 2.45) is 0 Å². The van der Waals surface area contributed by atoms with E-state index in [1.165, 1.54) is 24.3 Å². The summed E-state index contributed by atoms with van der Waals surface area (Å²) in [4.78, 5) is 10.7. The predicted molar refractivity (Wildman–Crippen MR) is 64.8 cm³/mol. The summed E-state index contributed by atoms with van der Waals surface area (Å²) in [6.07, 6.45) is -4.55. The molecular weight excluding hydrogens is 254 g/mol. The fraction of sp³-hybridized carbons (Fsp3) is 0.417. The van der Waals surface area contributed by atoms with Crippen LogP contribution in [0, 0.1) is 0 Å². The summed E-state index contributed by atoms with van der Waals surface area (Å²) >= 11 is 0. The number of benzene rings is 1. The van der Waals surface area contributed by atoms with Crippen molar-refractivity contribution in [1.82, 2.24) is 0 Å². The standard InChI is InChI=1S/C12H15NO6/c14-8-5-19-11(10(16)9(8)15)13-7-3-1-6(2-4-7)12(17)18/h1-4,8-11,13-16H,5H2,(H,17,18)/t8-,9-,10+,11-/m0/s1. The first-order valence-corrected chi connectivity index (χ1v) is 5.74. The van der Waals surface area contributed by atoms with Crippen LogP contribution >= 0.6 is 0 Å². The molecule has 0 unspecified atom stereocenters. The predicted octanol–water partition coefficient (Wildman–Crippen LogP) is -0.764. The Kier molecular flexibility index (Phi) is 4.01. The van der Waals surface area contributed by atoms with Gasteiger partial charge in [-0.3, -0.25) is 0 Å². The number of rotatable bonds is 3. The smallest absolute Gasteiger partial charge is 0.335 e. The molecule has 1 aliphatic heterocycles. The minimum atomic E-state index is -1.29. The molecule has 4 atom stereocenters. The van der Waals surface area contributed by atoms with Crippen molar-refractivity contribution in [3.05, 3.63) is 29.8 Å². The van der Waals surface area contributed by atoms with Crippen molar-refractivity contribution in [2.75, 3.05) is 11.9 Å². The lowest BCUT2D eigenvalue weighted by Crippen LogP contribution is -2.55. The maximum atomic E-state index is 10.7. The number of aromatic carboxylic acids is 1. The molecule has 2 rings (SSSR count). The number of aliphatic hydroxyl groups is 3. The summed E-state index contributed by atoms with van der Waals surface area (Å²) in [5.41, 5.74) is 0.684. The molecular formula is C12H15NO6. The van der Waals surface area contributed by atoms with E-state index in [9.17, 15) is 20.1 Å². The van der Waals surface area contributed by atoms with Gasteiger partial charge in [-0.25, -0.2) is 4.79 Å². The van der Waals surface area contributed by atoms with Crippen molar-refractivity contribution in [2.45, 2.75) is 24.5 Å². The van der Waals surface area contributed by atoms with Gasteiger partial charge in [0.15, 0.2) is 6.23 Å². The number of nitrogens with one attached hydrogen (secondary N) is 1. The number of hydrogen-bond donors (Lipinski definition) is 5. The van der Waals surface area contributed by atoms with Crippen LogP contribution in [0.4, 0.5) is 5.69 Å². The fourth-order valence-corrected chi connectivity index (χ4v) is 1.81. The molecule has 0 aliphatic carbocycles. The molecule has 0 aromatic heterocycles. The van der Waals surface area contributed by atoms with Gasteiger partial charge in [0, 0.05) is 5.69 Å². The van der Waals surface area contributed by atoms with E-state index in [1.807, 2.05) is 0 Å². The zero-order valence-corrected chi connectivity index (χ0v) is 9.93. The normalized spacial score (nSPS) is 30.9. The highest BCUT2D eigenvalue weighted by molar-refractivity contribution is 5.87. The van der Waals surface area contributed by atoms with Crippen LogP contribution < -0.4 is 5.32 Å². The second kappa shape index (κ2) is 5.54. The molecule has 0 saturated carbocycles. The van der Waals surface area contributed by atoms with Gasteiger partial charge in [0.2, 0.25) is 0 Å². The topological polar surface area (TPSA) is 119 Å². The van der Waals surface area contributed by atoms with Crippen molar-refractivity contribution < 1.29 is 30.0 Å². The largest absolute Gasteiger partial charge is 0.478 e. The van der Waals surface area contributed by atoms with E-state index in [-0.39, 0.29) is 12.2 Å². The Morgan fingerprint density at radius 3 is 2.37 bits per heavy atom. The van der Waals surface area contributed by atoms with Crippen molar-refractivity contribution in [3.8, 4) is 0 Å². The van der Waals surface area contributed by atoms with Crippen LogP contribution in [-0.2, 0) is 4.74 Å². The molecule has 1 aromatic carbocycles. The van der Waals surface area contributed by atoms with Crippen LogP contribution in [-0.4, -0.2) is 57.5 Å². The maximum Gasteiger partial charge on any atom is 0.335 e. The average molecular weight is 269 g/mol. The number of anilines is 1. The summed E-state index contributed by atoms with van der Waals surface area (Å²) < 4.78 is 5.17. The van der Waals surface area contributed by atoms with Gasteiger partial charge in [0.25, 0.3) is 0 Å². The van der Waals surface area contributed by atoms with Crippen LogP contribution in [0.5, 0.6) is 0 Å². The lowest BCUT2D eigenvalue weighted by molar-refractivity contribution is -0.178.